The van der Waals surface area contributed by atoms with Gasteiger partial charge in [-0.25, -0.2) is 0 Å². The molecule has 1 amide bonds. The minimum atomic E-state index is -0.0378. The SMILES string of the molecule is O=C(c1ccc(Cl)cc1Cl)N1CC[C@H](OCC2CC2)C1. The predicted octanol–water partition coefficient (Wildman–Crippen LogP) is 3.63. The second-order valence-corrected chi connectivity index (χ2v) is 6.41. The van der Waals surface area contributed by atoms with Crippen molar-refractivity contribution in [2.45, 2.75) is 25.4 Å². The molecule has 5 heteroatoms. The van der Waals surface area contributed by atoms with Crippen LogP contribution in [-0.2, 0) is 4.74 Å². The van der Waals surface area contributed by atoms with E-state index < -0.39 is 0 Å². The van der Waals surface area contributed by atoms with Crippen molar-refractivity contribution in [2.24, 2.45) is 5.92 Å². The predicted molar refractivity (Wildman–Crippen MR) is 79.4 cm³/mol. The third-order valence-electron chi connectivity index (χ3n) is 3.86. The molecule has 1 saturated heterocycles. The van der Waals surface area contributed by atoms with E-state index in [1.807, 2.05) is 4.90 Å². The van der Waals surface area contributed by atoms with Gasteiger partial charge in [0.1, 0.15) is 0 Å². The molecule has 2 fully saturated rings. The van der Waals surface area contributed by atoms with Gasteiger partial charge in [-0.15, -0.1) is 0 Å². The molecule has 1 aromatic rings. The number of rotatable bonds is 4. The largest absolute Gasteiger partial charge is 0.376 e. The number of halogens is 2. The van der Waals surface area contributed by atoms with Crippen LogP contribution in [-0.4, -0.2) is 36.6 Å². The summed E-state index contributed by atoms with van der Waals surface area (Å²) >= 11 is 11.9. The van der Waals surface area contributed by atoms with E-state index in [1.54, 1.807) is 18.2 Å². The lowest BCUT2D eigenvalue weighted by Crippen LogP contribution is -2.30. The number of benzene rings is 1. The standard InChI is InChI=1S/C15H17Cl2NO2/c16-11-3-4-13(14(17)7-11)15(19)18-6-5-12(8-18)20-9-10-1-2-10/h3-4,7,10,12H,1-2,5-6,8-9H2/t12-/m0/s1. The summed E-state index contributed by atoms with van der Waals surface area (Å²) in [4.78, 5) is 14.2. The lowest BCUT2D eigenvalue weighted by Gasteiger charge is -2.17. The Kier molecular flexibility index (Phi) is 4.20. The Balaban J connectivity index is 1.59. The maximum atomic E-state index is 12.4. The summed E-state index contributed by atoms with van der Waals surface area (Å²) < 4.78 is 5.84. The molecule has 1 aromatic carbocycles. The van der Waals surface area contributed by atoms with Crippen molar-refractivity contribution in [3.05, 3.63) is 33.8 Å². The number of ether oxygens (including phenoxy) is 1. The molecule has 20 heavy (non-hydrogen) atoms. The monoisotopic (exact) mass is 313 g/mol. The molecule has 1 saturated carbocycles. The summed E-state index contributed by atoms with van der Waals surface area (Å²) in [6.45, 7) is 2.23. The molecule has 0 spiro atoms. The fourth-order valence-electron chi connectivity index (χ4n) is 2.44. The number of amides is 1. The number of carbonyl (C=O) groups excluding carboxylic acids is 1. The number of likely N-dealkylation sites (tertiary alicyclic amines) is 1. The van der Waals surface area contributed by atoms with Crippen LogP contribution in [0.2, 0.25) is 10.0 Å². The Morgan fingerprint density at radius 1 is 1.30 bits per heavy atom. The van der Waals surface area contributed by atoms with E-state index in [2.05, 4.69) is 0 Å². The lowest BCUT2D eigenvalue weighted by molar-refractivity contribution is 0.0480. The molecule has 3 nitrogen and oxygen atoms in total. The van der Waals surface area contributed by atoms with E-state index in [1.165, 1.54) is 12.8 Å². The highest BCUT2D eigenvalue weighted by Gasteiger charge is 2.30. The molecule has 0 aromatic heterocycles. The average Bonchev–Trinajstić information content (AvgIpc) is 3.13. The zero-order valence-corrected chi connectivity index (χ0v) is 12.7. The van der Waals surface area contributed by atoms with Crippen molar-refractivity contribution >= 4 is 29.1 Å². The molecule has 2 aliphatic rings. The highest BCUT2D eigenvalue weighted by Crippen LogP contribution is 2.30. The third kappa shape index (κ3) is 3.27. The van der Waals surface area contributed by atoms with Crippen molar-refractivity contribution < 1.29 is 9.53 Å². The Labute approximate surface area is 128 Å². The van der Waals surface area contributed by atoms with Crippen molar-refractivity contribution in [3.8, 4) is 0 Å². The van der Waals surface area contributed by atoms with Crippen LogP contribution >= 0.6 is 23.2 Å². The zero-order chi connectivity index (χ0) is 14.1. The van der Waals surface area contributed by atoms with Gasteiger partial charge < -0.3 is 9.64 Å². The van der Waals surface area contributed by atoms with Crippen molar-refractivity contribution in [3.63, 3.8) is 0 Å². The minimum absolute atomic E-state index is 0.0378. The number of nitrogens with zero attached hydrogens (tertiary/aromatic N) is 1. The van der Waals surface area contributed by atoms with Gasteiger partial charge in [-0.05, 0) is 43.4 Å². The van der Waals surface area contributed by atoms with Crippen LogP contribution < -0.4 is 0 Å². The van der Waals surface area contributed by atoms with E-state index in [0.717, 1.165) is 25.5 Å². The van der Waals surface area contributed by atoms with Gasteiger partial charge in [0.15, 0.2) is 0 Å². The summed E-state index contributed by atoms with van der Waals surface area (Å²) in [6.07, 6.45) is 3.65. The summed E-state index contributed by atoms with van der Waals surface area (Å²) in [7, 11) is 0. The van der Waals surface area contributed by atoms with Gasteiger partial charge in [0.25, 0.3) is 5.91 Å². The lowest BCUT2D eigenvalue weighted by atomic mass is 10.2. The van der Waals surface area contributed by atoms with Crippen LogP contribution in [0.15, 0.2) is 18.2 Å². The fraction of sp³-hybridized carbons (Fsp3) is 0.533. The molecular formula is C15H17Cl2NO2. The normalized spacial score (nSPS) is 22.3. The van der Waals surface area contributed by atoms with E-state index >= 15 is 0 Å². The van der Waals surface area contributed by atoms with Crippen molar-refractivity contribution in [1.82, 2.24) is 4.90 Å². The zero-order valence-electron chi connectivity index (χ0n) is 11.1. The van der Waals surface area contributed by atoms with Crippen LogP contribution in [0, 0.1) is 5.92 Å². The topological polar surface area (TPSA) is 29.5 Å². The van der Waals surface area contributed by atoms with E-state index in [9.17, 15) is 4.79 Å². The molecule has 1 aliphatic carbocycles. The van der Waals surface area contributed by atoms with E-state index in [4.69, 9.17) is 27.9 Å². The van der Waals surface area contributed by atoms with Gasteiger partial charge >= 0.3 is 0 Å². The van der Waals surface area contributed by atoms with Crippen molar-refractivity contribution in [1.29, 1.82) is 0 Å². The molecule has 1 heterocycles. The van der Waals surface area contributed by atoms with Crippen LogP contribution in [0.25, 0.3) is 0 Å². The highest BCUT2D eigenvalue weighted by atomic mass is 35.5. The molecule has 0 radical (unpaired) electrons. The van der Waals surface area contributed by atoms with Crippen molar-refractivity contribution in [2.75, 3.05) is 19.7 Å². The first kappa shape index (κ1) is 14.2. The molecule has 108 valence electrons. The third-order valence-corrected chi connectivity index (χ3v) is 4.41. The number of carbonyl (C=O) groups is 1. The van der Waals surface area contributed by atoms with Crippen LogP contribution in [0.5, 0.6) is 0 Å². The summed E-state index contributed by atoms with van der Waals surface area (Å²) in [5.74, 6) is 0.717. The Hall–Kier alpha value is -0.770. The Morgan fingerprint density at radius 3 is 2.80 bits per heavy atom. The van der Waals surface area contributed by atoms with Gasteiger partial charge in [-0.3, -0.25) is 4.79 Å². The summed E-state index contributed by atoms with van der Waals surface area (Å²) in [6, 6.07) is 4.98. The average molecular weight is 314 g/mol. The van der Waals surface area contributed by atoms with Gasteiger partial charge in [-0.2, -0.15) is 0 Å². The van der Waals surface area contributed by atoms with Gasteiger partial charge in [-0.1, -0.05) is 23.2 Å². The van der Waals surface area contributed by atoms with Crippen LogP contribution in [0.4, 0.5) is 0 Å². The van der Waals surface area contributed by atoms with Gasteiger partial charge in [0, 0.05) is 24.7 Å². The van der Waals surface area contributed by atoms with Crippen LogP contribution in [0.1, 0.15) is 29.6 Å². The maximum absolute atomic E-state index is 12.4. The maximum Gasteiger partial charge on any atom is 0.255 e. The molecule has 0 unspecified atom stereocenters. The Bertz CT molecular complexity index is 517. The first-order valence-electron chi connectivity index (χ1n) is 6.99. The molecular weight excluding hydrogens is 297 g/mol. The second-order valence-electron chi connectivity index (χ2n) is 5.56. The number of hydrogen-bond donors (Lipinski definition) is 0. The van der Waals surface area contributed by atoms with E-state index in [-0.39, 0.29) is 12.0 Å². The minimum Gasteiger partial charge on any atom is -0.376 e. The quantitative estimate of drug-likeness (QED) is 0.849. The molecule has 1 aliphatic heterocycles. The molecule has 1 atom stereocenters. The summed E-state index contributed by atoms with van der Waals surface area (Å²) in [5.41, 5.74) is 0.513. The van der Waals surface area contributed by atoms with Gasteiger partial charge in [0.2, 0.25) is 0 Å². The second kappa shape index (κ2) is 5.92. The number of hydrogen-bond acceptors (Lipinski definition) is 2. The molecule has 0 bridgehead atoms. The van der Waals surface area contributed by atoms with E-state index in [0.29, 0.717) is 22.2 Å². The fourth-order valence-corrected chi connectivity index (χ4v) is 2.93. The van der Waals surface area contributed by atoms with Crippen LogP contribution in [0.3, 0.4) is 0 Å². The molecule has 3 rings (SSSR count). The highest BCUT2D eigenvalue weighted by molar-refractivity contribution is 6.36. The first-order chi connectivity index (χ1) is 9.63. The summed E-state index contributed by atoms with van der Waals surface area (Å²) in [5, 5.41) is 0.948. The Morgan fingerprint density at radius 2 is 2.10 bits per heavy atom. The first-order valence-corrected chi connectivity index (χ1v) is 7.75. The molecule has 0 N–H and O–H groups in total. The smallest absolute Gasteiger partial charge is 0.255 e. The van der Waals surface area contributed by atoms with Gasteiger partial charge in [0.05, 0.1) is 16.7 Å².